The molecule has 5 nitrogen and oxygen atoms in total. The van der Waals surface area contributed by atoms with Crippen molar-refractivity contribution in [2.75, 3.05) is 7.11 Å². The lowest BCUT2D eigenvalue weighted by atomic mass is 9.88. The topological polar surface area (TPSA) is 68.9 Å². The standard InChI is InChI=1S/C15H16O5/c1-7-8(2)19-11-6-10(18-3)9-4-5-12(16)20-15(9)13(11)14(7)17/h4-8,14,17H,1-3H3/t7-,8+,14-/m0/s1. The zero-order valence-corrected chi connectivity index (χ0v) is 11.5. The van der Waals surface area contributed by atoms with Gasteiger partial charge in [0.05, 0.1) is 24.2 Å². The van der Waals surface area contributed by atoms with Crippen LogP contribution in [0.4, 0.5) is 0 Å². The number of benzene rings is 1. The summed E-state index contributed by atoms with van der Waals surface area (Å²) in [5.41, 5.74) is 0.383. The molecule has 0 fully saturated rings. The average molecular weight is 276 g/mol. The van der Waals surface area contributed by atoms with Crippen molar-refractivity contribution in [2.24, 2.45) is 5.92 Å². The van der Waals surface area contributed by atoms with Gasteiger partial charge < -0.3 is 19.0 Å². The largest absolute Gasteiger partial charge is 0.496 e. The van der Waals surface area contributed by atoms with Crippen LogP contribution in [0, 0.1) is 5.92 Å². The van der Waals surface area contributed by atoms with Crippen molar-refractivity contribution >= 4 is 11.0 Å². The first-order chi connectivity index (χ1) is 9.52. The van der Waals surface area contributed by atoms with Crippen molar-refractivity contribution in [3.8, 4) is 11.5 Å². The van der Waals surface area contributed by atoms with Gasteiger partial charge >= 0.3 is 5.63 Å². The molecule has 0 unspecified atom stereocenters. The highest BCUT2D eigenvalue weighted by atomic mass is 16.5. The molecule has 0 aliphatic carbocycles. The Kier molecular flexibility index (Phi) is 2.94. The first-order valence-electron chi connectivity index (χ1n) is 6.52. The van der Waals surface area contributed by atoms with Crippen molar-refractivity contribution in [1.82, 2.24) is 0 Å². The molecule has 0 amide bonds. The van der Waals surface area contributed by atoms with Gasteiger partial charge in [-0.25, -0.2) is 4.79 Å². The number of fused-ring (bicyclic) bond motifs is 3. The number of ether oxygens (including phenoxy) is 2. The van der Waals surface area contributed by atoms with E-state index in [4.69, 9.17) is 13.9 Å². The Labute approximate surface area is 115 Å². The Balaban J connectivity index is 2.38. The second kappa shape index (κ2) is 4.52. The summed E-state index contributed by atoms with van der Waals surface area (Å²) in [4.78, 5) is 11.5. The Morgan fingerprint density at radius 3 is 2.75 bits per heavy atom. The molecule has 3 atom stereocenters. The predicted molar refractivity (Wildman–Crippen MR) is 73.2 cm³/mol. The lowest BCUT2D eigenvalue weighted by molar-refractivity contribution is 0.0178. The van der Waals surface area contributed by atoms with Crippen molar-refractivity contribution in [2.45, 2.75) is 26.1 Å². The molecule has 0 spiro atoms. The summed E-state index contributed by atoms with van der Waals surface area (Å²) in [7, 11) is 1.54. The zero-order valence-electron chi connectivity index (χ0n) is 11.5. The van der Waals surface area contributed by atoms with E-state index in [0.717, 1.165) is 0 Å². The van der Waals surface area contributed by atoms with Gasteiger partial charge in [-0.2, -0.15) is 0 Å². The Morgan fingerprint density at radius 2 is 2.05 bits per heavy atom. The summed E-state index contributed by atoms with van der Waals surface area (Å²) >= 11 is 0. The van der Waals surface area contributed by atoms with Gasteiger partial charge in [-0.15, -0.1) is 0 Å². The highest BCUT2D eigenvalue weighted by molar-refractivity contribution is 5.89. The Bertz CT molecular complexity index is 718. The summed E-state index contributed by atoms with van der Waals surface area (Å²) in [6, 6.07) is 4.69. The molecule has 2 aromatic rings. The number of hydrogen-bond donors (Lipinski definition) is 1. The van der Waals surface area contributed by atoms with Crippen LogP contribution >= 0.6 is 0 Å². The van der Waals surface area contributed by atoms with Crippen LogP contribution in [-0.2, 0) is 0 Å². The third-order valence-electron chi connectivity index (χ3n) is 3.94. The number of aliphatic hydroxyl groups is 1. The first kappa shape index (κ1) is 13.0. The smallest absolute Gasteiger partial charge is 0.336 e. The zero-order chi connectivity index (χ0) is 14.4. The van der Waals surface area contributed by atoms with Gasteiger partial charge in [0.15, 0.2) is 5.58 Å². The van der Waals surface area contributed by atoms with Crippen LogP contribution in [0.25, 0.3) is 11.0 Å². The molecular weight excluding hydrogens is 260 g/mol. The minimum Gasteiger partial charge on any atom is -0.496 e. The van der Waals surface area contributed by atoms with E-state index in [2.05, 4.69) is 0 Å². The SMILES string of the molecule is COc1cc2c(c3oc(=O)ccc13)[C@@H](O)[C@@H](C)[C@@H](C)O2. The van der Waals surface area contributed by atoms with Crippen molar-refractivity contribution in [3.63, 3.8) is 0 Å². The van der Waals surface area contributed by atoms with E-state index in [-0.39, 0.29) is 12.0 Å². The van der Waals surface area contributed by atoms with E-state index in [0.29, 0.717) is 28.0 Å². The molecule has 3 rings (SSSR count). The molecule has 0 saturated carbocycles. The molecule has 0 bridgehead atoms. The molecule has 2 heterocycles. The van der Waals surface area contributed by atoms with Gasteiger partial charge in [0.1, 0.15) is 17.6 Å². The van der Waals surface area contributed by atoms with Crippen LogP contribution in [0.3, 0.4) is 0 Å². The summed E-state index contributed by atoms with van der Waals surface area (Å²) < 4.78 is 16.4. The van der Waals surface area contributed by atoms with Crippen LogP contribution < -0.4 is 15.1 Å². The number of rotatable bonds is 1. The molecule has 5 heteroatoms. The number of hydrogen-bond acceptors (Lipinski definition) is 5. The van der Waals surface area contributed by atoms with Crippen LogP contribution in [0.2, 0.25) is 0 Å². The van der Waals surface area contributed by atoms with Crippen molar-refractivity contribution in [3.05, 3.63) is 34.2 Å². The quantitative estimate of drug-likeness (QED) is 0.809. The highest BCUT2D eigenvalue weighted by Crippen LogP contribution is 2.45. The van der Waals surface area contributed by atoms with E-state index in [1.165, 1.54) is 13.2 Å². The van der Waals surface area contributed by atoms with Gasteiger partial charge in [-0.05, 0) is 13.0 Å². The van der Waals surface area contributed by atoms with E-state index in [1.807, 2.05) is 13.8 Å². The molecule has 0 radical (unpaired) electrons. The summed E-state index contributed by atoms with van der Waals surface area (Å²) in [5.74, 6) is 0.961. The van der Waals surface area contributed by atoms with Gasteiger partial charge in [0, 0.05) is 18.1 Å². The fourth-order valence-corrected chi connectivity index (χ4v) is 2.57. The molecule has 0 saturated heterocycles. The molecule has 20 heavy (non-hydrogen) atoms. The predicted octanol–water partition coefficient (Wildman–Crippen LogP) is 2.25. The van der Waals surface area contributed by atoms with E-state index >= 15 is 0 Å². The van der Waals surface area contributed by atoms with Crippen LogP contribution in [0.5, 0.6) is 11.5 Å². The van der Waals surface area contributed by atoms with Crippen LogP contribution in [0.1, 0.15) is 25.5 Å². The summed E-state index contributed by atoms with van der Waals surface area (Å²) in [6.07, 6.45) is -0.872. The maximum atomic E-state index is 11.5. The minimum atomic E-state index is -0.743. The van der Waals surface area contributed by atoms with Crippen LogP contribution in [0.15, 0.2) is 27.4 Å². The lowest BCUT2D eigenvalue weighted by Gasteiger charge is -2.33. The highest BCUT2D eigenvalue weighted by Gasteiger charge is 2.35. The number of aliphatic hydroxyl groups excluding tert-OH is 1. The molecular formula is C15H16O5. The maximum Gasteiger partial charge on any atom is 0.336 e. The minimum absolute atomic E-state index is 0.0930. The second-order valence-electron chi connectivity index (χ2n) is 5.11. The first-order valence-corrected chi connectivity index (χ1v) is 6.52. The summed E-state index contributed by atoms with van der Waals surface area (Å²) in [6.45, 7) is 3.80. The molecule has 1 aromatic carbocycles. The fraction of sp³-hybridized carbons (Fsp3) is 0.400. The van der Waals surface area contributed by atoms with Gasteiger partial charge in [0.2, 0.25) is 0 Å². The molecule has 1 N–H and O–H groups in total. The second-order valence-corrected chi connectivity index (χ2v) is 5.11. The average Bonchev–Trinajstić information content (AvgIpc) is 2.43. The summed E-state index contributed by atoms with van der Waals surface area (Å²) in [5, 5.41) is 11.1. The van der Waals surface area contributed by atoms with E-state index < -0.39 is 11.7 Å². The third kappa shape index (κ3) is 1.78. The Morgan fingerprint density at radius 1 is 1.30 bits per heavy atom. The maximum absolute atomic E-state index is 11.5. The lowest BCUT2D eigenvalue weighted by Crippen LogP contribution is -2.32. The number of methoxy groups -OCH3 is 1. The van der Waals surface area contributed by atoms with E-state index in [1.54, 1.807) is 12.1 Å². The monoisotopic (exact) mass is 276 g/mol. The Hall–Kier alpha value is -2.01. The molecule has 1 aliphatic heterocycles. The molecule has 1 aromatic heterocycles. The third-order valence-corrected chi connectivity index (χ3v) is 3.94. The van der Waals surface area contributed by atoms with Gasteiger partial charge in [0.25, 0.3) is 0 Å². The van der Waals surface area contributed by atoms with Crippen LogP contribution in [-0.4, -0.2) is 18.3 Å². The molecule has 1 aliphatic rings. The molecule has 106 valence electrons. The van der Waals surface area contributed by atoms with Gasteiger partial charge in [-0.3, -0.25) is 0 Å². The fourth-order valence-electron chi connectivity index (χ4n) is 2.57. The normalized spacial score (nSPS) is 25.1. The van der Waals surface area contributed by atoms with E-state index in [9.17, 15) is 9.90 Å². The van der Waals surface area contributed by atoms with Gasteiger partial charge in [-0.1, -0.05) is 6.92 Å². The van der Waals surface area contributed by atoms with Crippen molar-refractivity contribution in [1.29, 1.82) is 0 Å². The van der Waals surface area contributed by atoms with Crippen molar-refractivity contribution < 1.29 is 19.0 Å².